The number of ether oxygens (including phenoxy) is 3. The topological polar surface area (TPSA) is 78.9 Å². The Morgan fingerprint density at radius 3 is 1.02 bits per heavy atom. The van der Waals surface area contributed by atoms with Crippen LogP contribution in [0.5, 0.6) is 0 Å². The van der Waals surface area contributed by atoms with Crippen molar-refractivity contribution in [3.05, 3.63) is 0 Å². The van der Waals surface area contributed by atoms with Gasteiger partial charge in [-0.1, -0.05) is 234 Å². The maximum atomic E-state index is 12.7. The molecule has 0 aromatic rings. The molecule has 0 aliphatic carbocycles. The molecule has 0 aliphatic heterocycles. The molecule has 6 heteroatoms. The lowest BCUT2D eigenvalue weighted by atomic mass is 9.99. The largest absolute Gasteiger partial charge is 0.462 e. The summed E-state index contributed by atoms with van der Waals surface area (Å²) in [6.45, 7) is 11.4. The minimum absolute atomic E-state index is 0.0644. The van der Waals surface area contributed by atoms with Gasteiger partial charge in [0.25, 0.3) is 0 Å². The molecule has 0 fully saturated rings. The van der Waals surface area contributed by atoms with Gasteiger partial charge in [0.1, 0.15) is 13.2 Å². The Labute approximate surface area is 348 Å². The fourth-order valence-corrected chi connectivity index (χ4v) is 7.43. The quantitative estimate of drug-likeness (QED) is 0.0347. The summed E-state index contributed by atoms with van der Waals surface area (Å²) >= 11 is 0. The molecule has 0 aliphatic rings. The van der Waals surface area contributed by atoms with E-state index in [1.807, 2.05) is 0 Å². The molecule has 0 N–H and O–H groups in total. The number of carbonyl (C=O) groups excluding carboxylic acids is 3. The highest BCUT2D eigenvalue weighted by Crippen LogP contribution is 2.17. The molecule has 56 heavy (non-hydrogen) atoms. The molecule has 332 valence electrons. The van der Waals surface area contributed by atoms with Crippen molar-refractivity contribution in [3.63, 3.8) is 0 Å². The predicted molar refractivity (Wildman–Crippen MR) is 238 cm³/mol. The third-order valence-corrected chi connectivity index (χ3v) is 11.6. The Morgan fingerprint density at radius 1 is 0.375 bits per heavy atom. The van der Waals surface area contributed by atoms with Crippen LogP contribution in [0.3, 0.4) is 0 Å². The molecule has 0 rings (SSSR count). The maximum Gasteiger partial charge on any atom is 0.306 e. The highest BCUT2D eigenvalue weighted by molar-refractivity contribution is 5.71. The van der Waals surface area contributed by atoms with Gasteiger partial charge >= 0.3 is 17.9 Å². The molecule has 0 amide bonds. The van der Waals surface area contributed by atoms with Crippen molar-refractivity contribution in [3.8, 4) is 0 Å². The average molecular weight is 793 g/mol. The first-order valence-corrected chi connectivity index (χ1v) is 24.8. The minimum atomic E-state index is -0.760. The monoisotopic (exact) mass is 793 g/mol. The van der Waals surface area contributed by atoms with Gasteiger partial charge in [0.15, 0.2) is 6.10 Å². The molecule has 0 aromatic heterocycles. The van der Waals surface area contributed by atoms with E-state index >= 15 is 0 Å². The molecule has 0 radical (unpaired) electrons. The number of rotatable bonds is 44. The van der Waals surface area contributed by atoms with Crippen LogP contribution in [0, 0.1) is 11.8 Å². The van der Waals surface area contributed by atoms with E-state index in [1.165, 1.54) is 161 Å². The lowest BCUT2D eigenvalue weighted by Gasteiger charge is -2.18. The van der Waals surface area contributed by atoms with Gasteiger partial charge in [-0.05, 0) is 31.1 Å². The van der Waals surface area contributed by atoms with E-state index in [2.05, 4.69) is 34.6 Å². The first kappa shape index (κ1) is 54.4. The molecule has 0 aromatic carbocycles. The molecule has 6 nitrogen and oxygen atoms in total. The molecular formula is C50H96O6. The van der Waals surface area contributed by atoms with Crippen molar-refractivity contribution >= 4 is 17.9 Å². The molecule has 2 atom stereocenters. The third kappa shape index (κ3) is 42.0. The van der Waals surface area contributed by atoms with Gasteiger partial charge in [0, 0.05) is 19.3 Å². The van der Waals surface area contributed by atoms with Gasteiger partial charge in [0.2, 0.25) is 0 Å². The Bertz CT molecular complexity index is 856. The number of hydrogen-bond acceptors (Lipinski definition) is 6. The van der Waals surface area contributed by atoms with Crippen LogP contribution in [0.4, 0.5) is 0 Å². The van der Waals surface area contributed by atoms with Crippen LogP contribution in [-0.2, 0) is 28.6 Å². The summed E-state index contributed by atoms with van der Waals surface area (Å²) in [5, 5.41) is 0. The number of unbranched alkanes of at least 4 members (excludes halogenated alkanes) is 28. The molecule has 0 heterocycles. The van der Waals surface area contributed by atoms with Gasteiger partial charge in [-0.3, -0.25) is 14.4 Å². The summed E-state index contributed by atoms with van der Waals surface area (Å²) in [6.07, 6.45) is 42.3. The molecule has 0 spiro atoms. The highest BCUT2D eigenvalue weighted by Gasteiger charge is 2.19. The first-order chi connectivity index (χ1) is 27.3. The van der Waals surface area contributed by atoms with Gasteiger partial charge in [-0.15, -0.1) is 0 Å². The molecular weight excluding hydrogens is 697 g/mol. The molecule has 0 bridgehead atoms. The van der Waals surface area contributed by atoms with Gasteiger partial charge in [-0.25, -0.2) is 0 Å². The van der Waals surface area contributed by atoms with Crippen LogP contribution in [0.2, 0.25) is 0 Å². The van der Waals surface area contributed by atoms with Crippen molar-refractivity contribution in [2.24, 2.45) is 11.8 Å². The normalized spacial score (nSPS) is 12.5. The fraction of sp³-hybridized carbons (Fsp3) is 0.940. The first-order valence-electron chi connectivity index (χ1n) is 24.8. The summed E-state index contributed by atoms with van der Waals surface area (Å²) in [5.41, 5.74) is 0. The average Bonchev–Trinajstić information content (AvgIpc) is 3.18. The van der Waals surface area contributed by atoms with Crippen molar-refractivity contribution in [2.75, 3.05) is 13.2 Å². The zero-order valence-electron chi connectivity index (χ0n) is 38.3. The van der Waals surface area contributed by atoms with E-state index in [1.54, 1.807) is 0 Å². The smallest absolute Gasteiger partial charge is 0.306 e. The Morgan fingerprint density at radius 2 is 0.679 bits per heavy atom. The second kappa shape index (κ2) is 43.0. The van der Waals surface area contributed by atoms with Crippen LogP contribution in [0.1, 0.15) is 272 Å². The van der Waals surface area contributed by atoms with Gasteiger partial charge in [-0.2, -0.15) is 0 Å². The summed E-state index contributed by atoms with van der Waals surface area (Å²) in [5.74, 6) is 0.838. The standard InChI is InChI=1S/C50H96O6/c1-6-8-9-10-11-18-27-32-37-42-50(53)56-47(44-55-49(52)41-36-31-26-22-21-24-29-34-39-46(5)7-2)43-54-48(51)40-35-30-25-20-17-15-13-12-14-16-19-23-28-33-38-45(3)4/h45-47H,6-44H2,1-5H3/t46?,47-/m1/s1. The zero-order valence-corrected chi connectivity index (χ0v) is 38.3. The molecule has 0 saturated heterocycles. The summed E-state index contributed by atoms with van der Waals surface area (Å²) in [7, 11) is 0. The van der Waals surface area contributed by atoms with Crippen LogP contribution < -0.4 is 0 Å². The van der Waals surface area contributed by atoms with Crippen LogP contribution >= 0.6 is 0 Å². The van der Waals surface area contributed by atoms with Crippen LogP contribution in [0.25, 0.3) is 0 Å². The predicted octanol–water partition coefficient (Wildman–Crippen LogP) is 15.8. The van der Waals surface area contributed by atoms with Gasteiger partial charge < -0.3 is 14.2 Å². The number of hydrogen-bond donors (Lipinski definition) is 0. The molecule has 0 saturated carbocycles. The van der Waals surface area contributed by atoms with Gasteiger partial charge in [0.05, 0.1) is 0 Å². The lowest BCUT2D eigenvalue weighted by Crippen LogP contribution is -2.30. The minimum Gasteiger partial charge on any atom is -0.462 e. The summed E-state index contributed by atoms with van der Waals surface area (Å²) in [6, 6.07) is 0. The Hall–Kier alpha value is -1.59. The molecule has 1 unspecified atom stereocenters. The summed E-state index contributed by atoms with van der Waals surface area (Å²) < 4.78 is 16.7. The van der Waals surface area contributed by atoms with E-state index in [4.69, 9.17) is 14.2 Å². The van der Waals surface area contributed by atoms with E-state index < -0.39 is 6.10 Å². The lowest BCUT2D eigenvalue weighted by molar-refractivity contribution is -0.167. The van der Waals surface area contributed by atoms with Crippen LogP contribution in [-0.4, -0.2) is 37.2 Å². The van der Waals surface area contributed by atoms with Crippen molar-refractivity contribution < 1.29 is 28.6 Å². The van der Waals surface area contributed by atoms with Crippen molar-refractivity contribution in [2.45, 2.75) is 278 Å². The van der Waals surface area contributed by atoms with E-state index in [0.717, 1.165) is 69.6 Å². The van der Waals surface area contributed by atoms with E-state index in [0.29, 0.717) is 19.3 Å². The Balaban J connectivity index is 4.25. The number of esters is 3. The maximum absolute atomic E-state index is 12.7. The van der Waals surface area contributed by atoms with Crippen molar-refractivity contribution in [1.29, 1.82) is 0 Å². The van der Waals surface area contributed by atoms with E-state index in [9.17, 15) is 14.4 Å². The zero-order chi connectivity index (χ0) is 41.2. The summed E-state index contributed by atoms with van der Waals surface area (Å²) in [4.78, 5) is 37.8. The highest BCUT2D eigenvalue weighted by atomic mass is 16.6. The second-order valence-electron chi connectivity index (χ2n) is 17.8. The van der Waals surface area contributed by atoms with E-state index in [-0.39, 0.29) is 31.1 Å². The third-order valence-electron chi connectivity index (χ3n) is 11.6. The fourth-order valence-electron chi connectivity index (χ4n) is 7.43. The second-order valence-corrected chi connectivity index (χ2v) is 17.8. The Kier molecular flexibility index (Phi) is 41.8. The SMILES string of the molecule is CCCCCCCCCCCC(=O)O[C@H](COC(=O)CCCCCCCCCCCCCCCCC(C)C)COC(=O)CCCCCCCCCCC(C)CC. The van der Waals surface area contributed by atoms with Crippen LogP contribution in [0.15, 0.2) is 0 Å². The van der Waals surface area contributed by atoms with Crippen molar-refractivity contribution in [1.82, 2.24) is 0 Å². The number of carbonyl (C=O) groups is 3.